The topological polar surface area (TPSA) is 99.5 Å². The third-order valence-electron chi connectivity index (χ3n) is 8.70. The molecule has 43 heavy (non-hydrogen) atoms. The standard InChI is InChI=1S/C35H24ClN3O4/c36-27-11-5-3-9-25(27)32(41)30-29(31(40)22-13-15-23(16-14-22)43-20-18-37)35(26-10-4-6-12-28(26)38-34(35)42)33-24-8-2-1-7-21(24)17-19-39(30)33/h1-17,19,29-30,33H,20H2,(H,38,42)/t29-,30+,33+,35-/m0/s1. The number of nitrogens with zero attached hydrogens (tertiary/aromatic N) is 2. The lowest BCUT2D eigenvalue weighted by atomic mass is 9.62. The molecule has 8 heteroatoms. The van der Waals surface area contributed by atoms with Gasteiger partial charge in [0.1, 0.15) is 23.3 Å². The van der Waals surface area contributed by atoms with Gasteiger partial charge in [-0.05, 0) is 65.2 Å². The van der Waals surface area contributed by atoms with Gasteiger partial charge in [-0.2, -0.15) is 5.26 Å². The zero-order chi connectivity index (χ0) is 29.7. The zero-order valence-corrected chi connectivity index (χ0v) is 23.5. The Bertz CT molecular complexity index is 1880. The number of hydrogen-bond acceptors (Lipinski definition) is 6. The van der Waals surface area contributed by atoms with E-state index in [0.717, 1.165) is 11.1 Å². The van der Waals surface area contributed by atoms with Gasteiger partial charge in [0.25, 0.3) is 0 Å². The van der Waals surface area contributed by atoms with Gasteiger partial charge in [-0.15, -0.1) is 0 Å². The molecule has 7 nitrogen and oxygen atoms in total. The number of carbonyl (C=O) groups is 3. The Balaban J connectivity index is 1.49. The van der Waals surface area contributed by atoms with Gasteiger partial charge in [0.15, 0.2) is 18.2 Å². The van der Waals surface area contributed by atoms with Crippen LogP contribution in [0.2, 0.25) is 5.02 Å². The second-order valence-corrected chi connectivity index (χ2v) is 11.2. The number of fused-ring (bicyclic) bond motifs is 6. The summed E-state index contributed by atoms with van der Waals surface area (Å²) in [4.78, 5) is 45.9. The van der Waals surface area contributed by atoms with Crippen LogP contribution in [-0.4, -0.2) is 35.0 Å². The molecule has 7 rings (SSSR count). The maximum Gasteiger partial charge on any atom is 0.238 e. The van der Waals surface area contributed by atoms with E-state index in [4.69, 9.17) is 21.6 Å². The molecule has 4 aromatic rings. The van der Waals surface area contributed by atoms with E-state index >= 15 is 0 Å². The smallest absolute Gasteiger partial charge is 0.238 e. The van der Waals surface area contributed by atoms with E-state index in [1.165, 1.54) is 0 Å². The molecule has 4 atom stereocenters. The minimum absolute atomic E-state index is 0.132. The number of halogens is 1. The molecule has 3 aliphatic heterocycles. The third kappa shape index (κ3) is 3.91. The van der Waals surface area contributed by atoms with Crippen LogP contribution in [0.4, 0.5) is 5.69 Å². The second kappa shape index (κ2) is 10.3. The van der Waals surface area contributed by atoms with E-state index in [-0.39, 0.29) is 34.7 Å². The SMILES string of the molecule is N#CCOc1ccc(C(=O)[C@@H]2[C@H](C(=O)c3ccccc3Cl)N3C=Cc4ccccc4[C@@H]3[C@@]23C(=O)Nc2ccccc23)cc1. The van der Waals surface area contributed by atoms with Crippen molar-refractivity contribution in [2.24, 2.45) is 5.92 Å². The van der Waals surface area contributed by atoms with Crippen LogP contribution in [0, 0.1) is 17.2 Å². The Hall–Kier alpha value is -5.19. The lowest BCUT2D eigenvalue weighted by Crippen LogP contribution is -2.49. The van der Waals surface area contributed by atoms with Crippen LogP contribution in [-0.2, 0) is 10.2 Å². The Morgan fingerprint density at radius 2 is 1.65 bits per heavy atom. The molecule has 0 saturated carbocycles. The van der Waals surface area contributed by atoms with E-state index in [1.54, 1.807) is 48.5 Å². The number of benzene rings is 4. The minimum Gasteiger partial charge on any atom is -0.479 e. The van der Waals surface area contributed by atoms with Gasteiger partial charge in [0, 0.05) is 23.0 Å². The minimum atomic E-state index is -1.44. The van der Waals surface area contributed by atoms with Gasteiger partial charge in [-0.3, -0.25) is 14.4 Å². The molecule has 3 heterocycles. The van der Waals surface area contributed by atoms with Gasteiger partial charge in [0.05, 0.1) is 17.0 Å². The first-order valence-corrected chi connectivity index (χ1v) is 14.2. The Morgan fingerprint density at radius 1 is 0.930 bits per heavy atom. The molecule has 0 radical (unpaired) electrons. The largest absolute Gasteiger partial charge is 0.479 e. The van der Waals surface area contributed by atoms with Crippen LogP contribution >= 0.6 is 11.6 Å². The van der Waals surface area contributed by atoms with E-state index < -0.39 is 23.4 Å². The number of ketones is 2. The van der Waals surface area contributed by atoms with Crippen molar-refractivity contribution < 1.29 is 19.1 Å². The van der Waals surface area contributed by atoms with Gasteiger partial charge in [-0.25, -0.2) is 0 Å². The van der Waals surface area contributed by atoms with Gasteiger partial charge in [-0.1, -0.05) is 66.2 Å². The molecule has 210 valence electrons. The monoisotopic (exact) mass is 585 g/mol. The van der Waals surface area contributed by atoms with Gasteiger partial charge >= 0.3 is 0 Å². The summed E-state index contributed by atoms with van der Waals surface area (Å²) in [7, 11) is 0. The summed E-state index contributed by atoms with van der Waals surface area (Å²) in [5.74, 6) is -1.73. The van der Waals surface area contributed by atoms with Crippen LogP contribution in [0.15, 0.2) is 103 Å². The number of ether oxygens (including phenoxy) is 1. The number of hydrogen-bond donors (Lipinski definition) is 1. The highest BCUT2D eigenvalue weighted by atomic mass is 35.5. The Kier molecular flexibility index (Phi) is 6.37. The van der Waals surface area contributed by atoms with Gasteiger partial charge < -0.3 is 15.0 Å². The molecule has 4 aromatic carbocycles. The molecule has 3 aliphatic rings. The van der Waals surface area contributed by atoms with Crippen molar-refractivity contribution in [3.8, 4) is 11.8 Å². The fraction of sp³-hybridized carbons (Fsp3) is 0.143. The van der Waals surface area contributed by atoms with Crippen LogP contribution in [0.1, 0.15) is 43.4 Å². The second-order valence-electron chi connectivity index (χ2n) is 10.8. The highest BCUT2D eigenvalue weighted by molar-refractivity contribution is 6.34. The number of rotatable bonds is 6. The first-order chi connectivity index (χ1) is 21.0. The molecule has 0 bridgehead atoms. The van der Waals surface area contributed by atoms with E-state index in [0.29, 0.717) is 22.6 Å². The van der Waals surface area contributed by atoms with Crippen molar-refractivity contribution >= 4 is 40.8 Å². The van der Waals surface area contributed by atoms with Crippen LogP contribution in [0.3, 0.4) is 0 Å². The number of para-hydroxylation sites is 1. The summed E-state index contributed by atoms with van der Waals surface area (Å²) >= 11 is 6.56. The molecule has 1 amide bonds. The predicted octanol–water partition coefficient (Wildman–Crippen LogP) is 6.22. The zero-order valence-electron chi connectivity index (χ0n) is 22.7. The summed E-state index contributed by atoms with van der Waals surface area (Å²) in [6, 6.07) is 28.6. The summed E-state index contributed by atoms with van der Waals surface area (Å²) < 4.78 is 5.40. The number of anilines is 1. The van der Waals surface area contributed by atoms with Crippen molar-refractivity contribution in [2.45, 2.75) is 17.5 Å². The fourth-order valence-electron chi connectivity index (χ4n) is 7.00. The highest BCUT2D eigenvalue weighted by Crippen LogP contribution is 2.62. The third-order valence-corrected chi connectivity index (χ3v) is 9.03. The molecule has 0 aliphatic carbocycles. The molecule has 1 N–H and O–H groups in total. The predicted molar refractivity (Wildman–Crippen MR) is 162 cm³/mol. The van der Waals surface area contributed by atoms with Crippen molar-refractivity contribution in [1.82, 2.24) is 4.90 Å². The lowest BCUT2D eigenvalue weighted by Gasteiger charge is -2.38. The van der Waals surface area contributed by atoms with Crippen LogP contribution < -0.4 is 10.1 Å². The average Bonchev–Trinajstić information content (AvgIpc) is 3.52. The van der Waals surface area contributed by atoms with E-state index in [2.05, 4.69) is 5.32 Å². The van der Waals surface area contributed by atoms with Gasteiger partial charge in [0.2, 0.25) is 5.91 Å². The Labute approximate surface area is 253 Å². The average molecular weight is 586 g/mol. The number of amides is 1. The van der Waals surface area contributed by atoms with Crippen molar-refractivity contribution in [3.63, 3.8) is 0 Å². The highest BCUT2D eigenvalue weighted by Gasteiger charge is 2.70. The van der Waals surface area contributed by atoms with Crippen molar-refractivity contribution in [1.29, 1.82) is 5.26 Å². The number of carbonyl (C=O) groups excluding carboxylic acids is 3. The molecule has 1 spiro atoms. The Morgan fingerprint density at radius 3 is 2.44 bits per heavy atom. The number of nitrogens with one attached hydrogen (secondary N) is 1. The first kappa shape index (κ1) is 26.7. The number of nitriles is 1. The summed E-state index contributed by atoms with van der Waals surface area (Å²) in [5, 5.41) is 12.2. The summed E-state index contributed by atoms with van der Waals surface area (Å²) in [6.07, 6.45) is 3.74. The quantitative estimate of drug-likeness (QED) is 0.270. The summed E-state index contributed by atoms with van der Waals surface area (Å²) in [6.45, 7) is -0.132. The molecule has 1 fully saturated rings. The van der Waals surface area contributed by atoms with E-state index in [9.17, 15) is 14.4 Å². The normalized spacial score (nSPS) is 22.7. The van der Waals surface area contributed by atoms with E-state index in [1.807, 2.05) is 71.8 Å². The molecular formula is C35H24ClN3O4. The van der Waals surface area contributed by atoms with Crippen LogP contribution in [0.25, 0.3) is 6.08 Å². The first-order valence-electron chi connectivity index (χ1n) is 13.8. The lowest BCUT2D eigenvalue weighted by molar-refractivity contribution is -0.122. The number of Topliss-reactive ketones (excluding diaryl/α,β-unsaturated/α-hetero) is 2. The molecular weight excluding hydrogens is 562 g/mol. The molecule has 1 saturated heterocycles. The maximum atomic E-state index is 14.9. The van der Waals surface area contributed by atoms with Crippen molar-refractivity contribution in [2.75, 3.05) is 11.9 Å². The molecule has 0 unspecified atom stereocenters. The maximum absolute atomic E-state index is 14.9. The molecule has 0 aromatic heterocycles. The van der Waals surface area contributed by atoms with Crippen LogP contribution in [0.5, 0.6) is 5.75 Å². The fourth-order valence-corrected chi connectivity index (χ4v) is 7.23. The summed E-state index contributed by atoms with van der Waals surface area (Å²) in [5.41, 5.74) is 2.21. The van der Waals surface area contributed by atoms with Crippen molar-refractivity contribution in [3.05, 3.63) is 136 Å².